The van der Waals surface area contributed by atoms with Crippen LogP contribution in [0.2, 0.25) is 0 Å². The number of fused-ring (bicyclic) bond motifs is 1. The average Bonchev–Trinajstić information content (AvgIpc) is 2.96. The van der Waals surface area contributed by atoms with E-state index in [1.165, 1.54) is 12.8 Å². The number of para-hydroxylation sites is 2. The molecular weight excluding hydrogens is 300 g/mol. The summed E-state index contributed by atoms with van der Waals surface area (Å²) in [6, 6.07) is 8.01. The fourth-order valence-electron chi connectivity index (χ4n) is 3.98. The lowest BCUT2D eigenvalue weighted by molar-refractivity contribution is -0.0714. The number of rotatable bonds is 6. The second kappa shape index (κ2) is 7.66. The Labute approximate surface area is 144 Å². The molecular formula is C20H30N2O2. The molecule has 1 heterocycles. The second-order valence-electron chi connectivity index (χ2n) is 7.74. The topological polar surface area (TPSA) is 47.3 Å². The van der Waals surface area contributed by atoms with Crippen LogP contribution in [-0.4, -0.2) is 33.5 Å². The first-order valence-corrected chi connectivity index (χ1v) is 9.24. The number of ether oxygens (including phenoxy) is 1. The smallest absolute Gasteiger partial charge is 0.0959 e. The Kier molecular flexibility index (Phi) is 5.57. The summed E-state index contributed by atoms with van der Waals surface area (Å²) < 4.78 is 8.17. The minimum Gasteiger partial charge on any atom is -0.389 e. The maximum absolute atomic E-state index is 10.4. The van der Waals surface area contributed by atoms with E-state index in [1.54, 1.807) is 6.33 Å². The Morgan fingerprint density at radius 3 is 2.88 bits per heavy atom. The molecule has 0 bridgehead atoms. The van der Waals surface area contributed by atoms with Gasteiger partial charge in [-0.2, -0.15) is 0 Å². The minimum absolute atomic E-state index is 0.280. The first-order valence-electron chi connectivity index (χ1n) is 9.24. The van der Waals surface area contributed by atoms with Gasteiger partial charge in [0.1, 0.15) is 0 Å². The van der Waals surface area contributed by atoms with Crippen molar-refractivity contribution in [3.63, 3.8) is 0 Å². The fourth-order valence-corrected chi connectivity index (χ4v) is 3.98. The molecule has 3 rings (SSSR count). The molecule has 0 aliphatic heterocycles. The van der Waals surface area contributed by atoms with E-state index in [0.717, 1.165) is 23.4 Å². The molecule has 24 heavy (non-hydrogen) atoms. The average molecular weight is 330 g/mol. The standard InChI is InChI=1S/C20H30N2O2/c1-14(2)17-9-8-15(3)10-20(17)24-12-16(23)11-22-13-21-18-6-4-5-7-19(18)22/h4-7,13-17,20,23H,8-12H2,1-3H3/t15-,16+,17-,20+/m0/s1. The lowest BCUT2D eigenvalue weighted by atomic mass is 9.75. The van der Waals surface area contributed by atoms with E-state index in [9.17, 15) is 5.11 Å². The summed E-state index contributed by atoms with van der Waals surface area (Å²) in [7, 11) is 0. The van der Waals surface area contributed by atoms with Gasteiger partial charge in [-0.25, -0.2) is 4.98 Å². The molecule has 1 fully saturated rings. The molecule has 1 saturated carbocycles. The molecule has 2 aromatic rings. The highest BCUT2D eigenvalue weighted by atomic mass is 16.5. The van der Waals surface area contributed by atoms with Gasteiger partial charge in [-0.15, -0.1) is 0 Å². The molecule has 4 nitrogen and oxygen atoms in total. The number of aliphatic hydroxyl groups is 1. The van der Waals surface area contributed by atoms with Crippen molar-refractivity contribution in [1.82, 2.24) is 9.55 Å². The molecule has 0 unspecified atom stereocenters. The first kappa shape index (κ1) is 17.4. The molecule has 4 heteroatoms. The van der Waals surface area contributed by atoms with Crippen LogP contribution in [-0.2, 0) is 11.3 Å². The van der Waals surface area contributed by atoms with Gasteiger partial charge >= 0.3 is 0 Å². The number of aromatic nitrogens is 2. The Morgan fingerprint density at radius 2 is 2.08 bits per heavy atom. The third kappa shape index (κ3) is 3.98. The predicted molar refractivity (Wildman–Crippen MR) is 96.8 cm³/mol. The van der Waals surface area contributed by atoms with E-state index >= 15 is 0 Å². The molecule has 0 saturated heterocycles. The highest BCUT2D eigenvalue weighted by Crippen LogP contribution is 2.35. The van der Waals surface area contributed by atoms with Gasteiger partial charge in [0.05, 0.1) is 42.7 Å². The Hall–Kier alpha value is -1.39. The van der Waals surface area contributed by atoms with Gasteiger partial charge in [-0.05, 0) is 42.7 Å². The van der Waals surface area contributed by atoms with Crippen molar-refractivity contribution >= 4 is 11.0 Å². The van der Waals surface area contributed by atoms with Crippen molar-refractivity contribution in [2.24, 2.45) is 17.8 Å². The van der Waals surface area contributed by atoms with Crippen LogP contribution in [0.5, 0.6) is 0 Å². The summed E-state index contributed by atoms with van der Waals surface area (Å²) in [6.07, 6.45) is 5.23. The Balaban J connectivity index is 1.57. The molecule has 0 amide bonds. The molecule has 0 radical (unpaired) electrons. The van der Waals surface area contributed by atoms with Crippen LogP contribution in [0, 0.1) is 17.8 Å². The van der Waals surface area contributed by atoms with Gasteiger partial charge in [-0.1, -0.05) is 39.3 Å². The minimum atomic E-state index is -0.507. The molecule has 1 aliphatic rings. The number of aliphatic hydroxyl groups excluding tert-OH is 1. The number of hydrogen-bond acceptors (Lipinski definition) is 3. The second-order valence-corrected chi connectivity index (χ2v) is 7.74. The number of imidazole rings is 1. The van der Waals surface area contributed by atoms with Gasteiger partial charge in [0.15, 0.2) is 0 Å². The fraction of sp³-hybridized carbons (Fsp3) is 0.650. The van der Waals surface area contributed by atoms with Gasteiger partial charge in [0.2, 0.25) is 0 Å². The largest absolute Gasteiger partial charge is 0.389 e. The van der Waals surface area contributed by atoms with Crippen molar-refractivity contribution in [3.8, 4) is 0 Å². The van der Waals surface area contributed by atoms with E-state index < -0.39 is 6.10 Å². The van der Waals surface area contributed by atoms with Crippen LogP contribution in [0.25, 0.3) is 11.0 Å². The summed E-state index contributed by atoms with van der Waals surface area (Å²) in [5.41, 5.74) is 2.02. The predicted octanol–water partition coefficient (Wildman–Crippen LogP) is 3.87. The van der Waals surface area contributed by atoms with Crippen molar-refractivity contribution in [1.29, 1.82) is 0 Å². The number of nitrogens with zero attached hydrogens (tertiary/aromatic N) is 2. The third-order valence-electron chi connectivity index (χ3n) is 5.40. The molecule has 4 atom stereocenters. The van der Waals surface area contributed by atoms with Crippen molar-refractivity contribution < 1.29 is 9.84 Å². The summed E-state index contributed by atoms with van der Waals surface area (Å²) in [4.78, 5) is 4.38. The highest BCUT2D eigenvalue weighted by molar-refractivity contribution is 5.74. The van der Waals surface area contributed by atoms with Gasteiger partial charge in [-0.3, -0.25) is 0 Å². The van der Waals surface area contributed by atoms with Crippen LogP contribution >= 0.6 is 0 Å². The zero-order valence-corrected chi connectivity index (χ0v) is 15.1. The Bertz CT molecular complexity index is 652. The lowest BCUT2D eigenvalue weighted by Gasteiger charge is -2.37. The van der Waals surface area contributed by atoms with Crippen molar-refractivity contribution in [2.45, 2.75) is 58.8 Å². The van der Waals surface area contributed by atoms with E-state index in [4.69, 9.17) is 4.74 Å². The van der Waals surface area contributed by atoms with Gasteiger partial charge in [0.25, 0.3) is 0 Å². The quantitative estimate of drug-likeness (QED) is 0.874. The maximum Gasteiger partial charge on any atom is 0.0959 e. The van der Waals surface area contributed by atoms with Crippen LogP contribution in [0.15, 0.2) is 30.6 Å². The van der Waals surface area contributed by atoms with Gasteiger partial charge < -0.3 is 14.4 Å². The lowest BCUT2D eigenvalue weighted by Crippen LogP contribution is -2.36. The maximum atomic E-state index is 10.4. The highest BCUT2D eigenvalue weighted by Gasteiger charge is 2.31. The van der Waals surface area contributed by atoms with Crippen LogP contribution < -0.4 is 0 Å². The van der Waals surface area contributed by atoms with E-state index in [0.29, 0.717) is 25.0 Å². The monoisotopic (exact) mass is 330 g/mol. The zero-order valence-electron chi connectivity index (χ0n) is 15.1. The molecule has 0 spiro atoms. The molecule has 1 aromatic carbocycles. The normalized spacial score (nSPS) is 26.1. The Morgan fingerprint density at radius 1 is 1.29 bits per heavy atom. The van der Waals surface area contributed by atoms with E-state index in [-0.39, 0.29) is 6.10 Å². The SMILES string of the molecule is CC(C)[C@@H]1CC[C@H](C)C[C@H]1OC[C@H](O)Cn1cnc2ccccc21. The summed E-state index contributed by atoms with van der Waals surface area (Å²) in [6.45, 7) is 7.79. The molecule has 1 aromatic heterocycles. The van der Waals surface area contributed by atoms with Gasteiger partial charge in [0, 0.05) is 0 Å². The number of benzene rings is 1. The summed E-state index contributed by atoms with van der Waals surface area (Å²) in [5.74, 6) is 1.97. The van der Waals surface area contributed by atoms with Crippen molar-refractivity contribution in [3.05, 3.63) is 30.6 Å². The van der Waals surface area contributed by atoms with Crippen LogP contribution in [0.4, 0.5) is 0 Å². The molecule has 1 aliphatic carbocycles. The van der Waals surface area contributed by atoms with Crippen LogP contribution in [0.1, 0.15) is 40.0 Å². The van der Waals surface area contributed by atoms with E-state index in [2.05, 4.69) is 25.8 Å². The number of hydrogen-bond donors (Lipinski definition) is 1. The zero-order chi connectivity index (χ0) is 17.1. The van der Waals surface area contributed by atoms with E-state index in [1.807, 2.05) is 28.8 Å². The third-order valence-corrected chi connectivity index (χ3v) is 5.40. The summed E-state index contributed by atoms with van der Waals surface area (Å²) >= 11 is 0. The first-order chi connectivity index (χ1) is 11.5. The van der Waals surface area contributed by atoms with Crippen molar-refractivity contribution in [2.75, 3.05) is 6.61 Å². The molecule has 132 valence electrons. The van der Waals surface area contributed by atoms with Crippen LogP contribution in [0.3, 0.4) is 0 Å². The molecule has 1 N–H and O–H groups in total. The summed E-state index contributed by atoms with van der Waals surface area (Å²) in [5, 5.41) is 10.4.